The lowest BCUT2D eigenvalue weighted by Crippen LogP contribution is -2.46. The molecule has 0 bridgehead atoms. The highest BCUT2D eigenvalue weighted by Crippen LogP contribution is 2.26. The summed E-state index contributed by atoms with van der Waals surface area (Å²) in [6.45, 7) is 6.00. The number of hydrogen-bond donors (Lipinski definition) is 3. The van der Waals surface area contributed by atoms with Crippen LogP contribution in [0.2, 0.25) is 0 Å². The van der Waals surface area contributed by atoms with E-state index in [9.17, 15) is 9.59 Å². The van der Waals surface area contributed by atoms with Crippen LogP contribution in [0.15, 0.2) is 4.99 Å². The summed E-state index contributed by atoms with van der Waals surface area (Å²) in [5.74, 6) is 1.30. The molecular formula is C19H35N5O2. The second kappa shape index (κ2) is 10.4. The lowest BCUT2D eigenvalue weighted by Gasteiger charge is -2.26. The third-order valence-corrected chi connectivity index (χ3v) is 5.11. The van der Waals surface area contributed by atoms with Gasteiger partial charge < -0.3 is 20.9 Å². The zero-order valence-electron chi connectivity index (χ0n) is 16.5. The summed E-state index contributed by atoms with van der Waals surface area (Å²) >= 11 is 0. The quantitative estimate of drug-likeness (QED) is 0.488. The van der Waals surface area contributed by atoms with E-state index in [1.54, 1.807) is 7.05 Å². The molecule has 0 radical (unpaired) electrons. The highest BCUT2D eigenvalue weighted by Gasteiger charge is 2.31. The van der Waals surface area contributed by atoms with Gasteiger partial charge in [0.2, 0.25) is 11.8 Å². The average molecular weight is 366 g/mol. The maximum atomic E-state index is 12.6. The first-order chi connectivity index (χ1) is 12.5. The van der Waals surface area contributed by atoms with Gasteiger partial charge in [0, 0.05) is 51.1 Å². The lowest BCUT2D eigenvalue weighted by atomic mass is 9.88. The molecule has 0 aromatic carbocycles. The fraction of sp³-hybridized carbons (Fsp3) is 0.842. The van der Waals surface area contributed by atoms with Crippen LogP contribution in [0.5, 0.6) is 0 Å². The van der Waals surface area contributed by atoms with E-state index in [0.717, 1.165) is 32.4 Å². The molecule has 2 aliphatic rings. The monoisotopic (exact) mass is 365 g/mol. The molecule has 26 heavy (non-hydrogen) atoms. The van der Waals surface area contributed by atoms with Gasteiger partial charge in [-0.3, -0.25) is 14.6 Å². The van der Waals surface area contributed by atoms with Crippen molar-refractivity contribution in [2.45, 2.75) is 70.9 Å². The maximum Gasteiger partial charge on any atom is 0.225 e. The number of nitrogens with zero attached hydrogens (tertiary/aromatic N) is 2. The first-order valence-corrected chi connectivity index (χ1v) is 10.0. The van der Waals surface area contributed by atoms with E-state index in [0.29, 0.717) is 24.8 Å². The Kier molecular flexibility index (Phi) is 8.19. The molecule has 0 aromatic rings. The smallest absolute Gasteiger partial charge is 0.225 e. The van der Waals surface area contributed by atoms with Gasteiger partial charge in [-0.05, 0) is 33.1 Å². The zero-order valence-corrected chi connectivity index (χ0v) is 16.5. The molecule has 1 unspecified atom stereocenters. The van der Waals surface area contributed by atoms with Crippen molar-refractivity contribution >= 4 is 17.8 Å². The third-order valence-electron chi connectivity index (χ3n) is 5.11. The SMILES string of the molecule is CN=C(NCCC(=O)NC(C)C)NC1CCN(C(=O)C2CCCCC2)C1. The Balaban J connectivity index is 1.70. The van der Waals surface area contributed by atoms with Crippen molar-refractivity contribution in [3.05, 3.63) is 0 Å². The summed E-state index contributed by atoms with van der Waals surface area (Å²) in [7, 11) is 1.73. The molecule has 7 heteroatoms. The first-order valence-electron chi connectivity index (χ1n) is 10.0. The number of nitrogens with one attached hydrogen (secondary N) is 3. The molecule has 2 fully saturated rings. The highest BCUT2D eigenvalue weighted by atomic mass is 16.2. The molecule has 1 aliphatic heterocycles. The Morgan fingerprint density at radius 1 is 1.15 bits per heavy atom. The van der Waals surface area contributed by atoms with Crippen molar-refractivity contribution in [3.63, 3.8) is 0 Å². The Hall–Kier alpha value is -1.79. The van der Waals surface area contributed by atoms with Crippen molar-refractivity contribution in [2.75, 3.05) is 26.7 Å². The van der Waals surface area contributed by atoms with Crippen LogP contribution in [0.25, 0.3) is 0 Å². The minimum atomic E-state index is 0.0353. The molecule has 2 rings (SSSR count). The number of amides is 2. The van der Waals surface area contributed by atoms with Crippen LogP contribution in [-0.4, -0.2) is 61.4 Å². The van der Waals surface area contributed by atoms with E-state index >= 15 is 0 Å². The number of carbonyl (C=O) groups is 2. The molecule has 1 heterocycles. The van der Waals surface area contributed by atoms with Crippen molar-refractivity contribution in [2.24, 2.45) is 10.9 Å². The lowest BCUT2D eigenvalue weighted by molar-refractivity contribution is -0.135. The van der Waals surface area contributed by atoms with Gasteiger partial charge in [0.15, 0.2) is 5.96 Å². The predicted octanol–water partition coefficient (Wildman–Crippen LogP) is 1.25. The number of rotatable bonds is 6. The van der Waals surface area contributed by atoms with Crippen LogP contribution in [-0.2, 0) is 9.59 Å². The molecule has 148 valence electrons. The van der Waals surface area contributed by atoms with E-state index in [-0.39, 0.29) is 23.9 Å². The summed E-state index contributed by atoms with van der Waals surface area (Å²) < 4.78 is 0. The minimum Gasteiger partial charge on any atom is -0.356 e. The summed E-state index contributed by atoms with van der Waals surface area (Å²) in [6.07, 6.45) is 7.10. The maximum absolute atomic E-state index is 12.6. The zero-order chi connectivity index (χ0) is 18.9. The van der Waals surface area contributed by atoms with Gasteiger partial charge >= 0.3 is 0 Å². The van der Waals surface area contributed by atoms with E-state index in [1.165, 1.54) is 19.3 Å². The number of hydrogen-bond acceptors (Lipinski definition) is 3. The van der Waals surface area contributed by atoms with Gasteiger partial charge in [0.25, 0.3) is 0 Å². The Labute approximate surface area is 157 Å². The summed E-state index contributed by atoms with van der Waals surface area (Å²) in [5.41, 5.74) is 0. The van der Waals surface area contributed by atoms with Crippen LogP contribution >= 0.6 is 0 Å². The average Bonchev–Trinajstić information content (AvgIpc) is 3.08. The summed E-state index contributed by atoms with van der Waals surface area (Å²) in [5, 5.41) is 9.44. The highest BCUT2D eigenvalue weighted by molar-refractivity contribution is 5.82. The summed E-state index contributed by atoms with van der Waals surface area (Å²) in [4.78, 5) is 30.6. The topological polar surface area (TPSA) is 85.8 Å². The molecule has 2 amide bonds. The fourth-order valence-corrected chi connectivity index (χ4v) is 3.76. The standard InChI is InChI=1S/C19H35N5O2/c1-14(2)22-17(25)9-11-21-19(20-3)23-16-10-12-24(13-16)18(26)15-7-5-4-6-8-15/h14-16H,4-13H2,1-3H3,(H,22,25)(H2,20,21,23). The normalized spacial score (nSPS) is 21.8. The number of carbonyl (C=O) groups excluding carboxylic acids is 2. The molecular weight excluding hydrogens is 330 g/mol. The van der Waals surface area contributed by atoms with Crippen LogP contribution in [0.3, 0.4) is 0 Å². The largest absolute Gasteiger partial charge is 0.356 e. The van der Waals surface area contributed by atoms with E-state index in [1.807, 2.05) is 18.7 Å². The van der Waals surface area contributed by atoms with Crippen molar-refractivity contribution in [1.82, 2.24) is 20.9 Å². The van der Waals surface area contributed by atoms with E-state index < -0.39 is 0 Å². The van der Waals surface area contributed by atoms with E-state index in [2.05, 4.69) is 20.9 Å². The molecule has 1 saturated heterocycles. The predicted molar refractivity (Wildman–Crippen MR) is 104 cm³/mol. The minimum absolute atomic E-state index is 0.0353. The van der Waals surface area contributed by atoms with Crippen molar-refractivity contribution in [3.8, 4) is 0 Å². The van der Waals surface area contributed by atoms with Crippen LogP contribution in [0, 0.1) is 5.92 Å². The van der Waals surface area contributed by atoms with Gasteiger partial charge in [-0.2, -0.15) is 0 Å². The first kappa shape index (κ1) is 20.5. The van der Waals surface area contributed by atoms with Crippen molar-refractivity contribution < 1.29 is 9.59 Å². The van der Waals surface area contributed by atoms with Gasteiger partial charge in [0.1, 0.15) is 0 Å². The Morgan fingerprint density at radius 3 is 2.54 bits per heavy atom. The molecule has 1 aliphatic carbocycles. The number of guanidine groups is 1. The molecule has 1 saturated carbocycles. The number of aliphatic imine (C=N–C) groups is 1. The van der Waals surface area contributed by atoms with Gasteiger partial charge in [-0.1, -0.05) is 19.3 Å². The van der Waals surface area contributed by atoms with Gasteiger partial charge in [0.05, 0.1) is 0 Å². The Bertz CT molecular complexity index is 500. The summed E-state index contributed by atoms with van der Waals surface area (Å²) in [6, 6.07) is 0.379. The Morgan fingerprint density at radius 2 is 1.88 bits per heavy atom. The second-order valence-electron chi connectivity index (χ2n) is 7.72. The van der Waals surface area contributed by atoms with Gasteiger partial charge in [-0.15, -0.1) is 0 Å². The van der Waals surface area contributed by atoms with E-state index in [4.69, 9.17) is 0 Å². The second-order valence-corrected chi connectivity index (χ2v) is 7.72. The van der Waals surface area contributed by atoms with Gasteiger partial charge in [-0.25, -0.2) is 0 Å². The van der Waals surface area contributed by atoms with Crippen LogP contribution in [0.4, 0.5) is 0 Å². The third kappa shape index (κ3) is 6.50. The molecule has 0 aromatic heterocycles. The molecule has 0 spiro atoms. The molecule has 1 atom stereocenters. The fourth-order valence-electron chi connectivity index (χ4n) is 3.76. The molecule has 3 N–H and O–H groups in total. The van der Waals surface area contributed by atoms with Crippen LogP contribution in [0.1, 0.15) is 58.8 Å². The van der Waals surface area contributed by atoms with Crippen LogP contribution < -0.4 is 16.0 Å². The molecule has 7 nitrogen and oxygen atoms in total. The van der Waals surface area contributed by atoms with Crippen molar-refractivity contribution in [1.29, 1.82) is 0 Å². The number of likely N-dealkylation sites (tertiary alicyclic amines) is 1.